The van der Waals surface area contributed by atoms with E-state index in [-0.39, 0.29) is 5.69 Å². The zero-order valence-corrected chi connectivity index (χ0v) is 10.6. The number of methoxy groups -OCH3 is 1. The van der Waals surface area contributed by atoms with E-state index >= 15 is 0 Å². The summed E-state index contributed by atoms with van der Waals surface area (Å²) in [6.45, 7) is 3.99. The lowest BCUT2D eigenvalue weighted by molar-refractivity contribution is 0.0593. The summed E-state index contributed by atoms with van der Waals surface area (Å²) in [5.74, 6) is -0.0924. The second kappa shape index (κ2) is 4.52. The molecule has 2 N–H and O–H groups in total. The molecule has 2 aromatic rings. The highest BCUT2D eigenvalue weighted by Gasteiger charge is 2.14. The number of hydrogen-bond acceptors (Lipinski definition) is 4. The first-order valence-corrected chi connectivity index (χ1v) is 5.54. The summed E-state index contributed by atoms with van der Waals surface area (Å²) in [4.78, 5) is 11.4. The Labute approximate surface area is 105 Å². The van der Waals surface area contributed by atoms with Crippen LogP contribution in [0, 0.1) is 13.8 Å². The lowest BCUT2D eigenvalue weighted by Crippen LogP contribution is -2.05. The molecule has 0 spiro atoms. The average Bonchev–Trinajstić information content (AvgIpc) is 2.69. The van der Waals surface area contributed by atoms with E-state index < -0.39 is 5.97 Å². The molecule has 1 aromatic carbocycles. The zero-order valence-electron chi connectivity index (χ0n) is 10.6. The van der Waals surface area contributed by atoms with Gasteiger partial charge in [-0.1, -0.05) is 6.07 Å². The van der Waals surface area contributed by atoms with Gasteiger partial charge < -0.3 is 10.5 Å². The molecule has 0 amide bonds. The SMILES string of the molecule is COC(=O)c1cc(N)n(-c2cc(C)cc(C)c2)n1. The van der Waals surface area contributed by atoms with Gasteiger partial charge in [0.15, 0.2) is 5.69 Å². The Morgan fingerprint density at radius 1 is 1.22 bits per heavy atom. The van der Waals surface area contributed by atoms with Crippen LogP contribution in [-0.4, -0.2) is 22.9 Å². The lowest BCUT2D eigenvalue weighted by Gasteiger charge is -2.06. The van der Waals surface area contributed by atoms with Crippen molar-refractivity contribution in [1.29, 1.82) is 0 Å². The second-order valence-electron chi connectivity index (χ2n) is 4.20. The summed E-state index contributed by atoms with van der Waals surface area (Å²) >= 11 is 0. The number of nitrogens with zero attached hydrogens (tertiary/aromatic N) is 2. The molecule has 0 aliphatic rings. The van der Waals surface area contributed by atoms with Crippen LogP contribution in [0.3, 0.4) is 0 Å². The van der Waals surface area contributed by atoms with E-state index in [4.69, 9.17) is 5.73 Å². The maximum Gasteiger partial charge on any atom is 0.358 e. The van der Waals surface area contributed by atoms with Gasteiger partial charge in [-0.2, -0.15) is 5.10 Å². The lowest BCUT2D eigenvalue weighted by atomic mass is 10.1. The fourth-order valence-corrected chi connectivity index (χ4v) is 1.88. The van der Waals surface area contributed by atoms with Gasteiger partial charge in [-0.25, -0.2) is 9.48 Å². The average molecular weight is 245 g/mol. The normalized spacial score (nSPS) is 10.4. The van der Waals surface area contributed by atoms with Crippen LogP contribution in [0.4, 0.5) is 5.82 Å². The predicted molar refractivity (Wildman–Crippen MR) is 68.8 cm³/mol. The Bertz CT molecular complexity index is 582. The molecule has 0 radical (unpaired) electrons. The van der Waals surface area contributed by atoms with E-state index in [1.165, 1.54) is 17.9 Å². The van der Waals surface area contributed by atoms with Crippen LogP contribution in [0.5, 0.6) is 0 Å². The van der Waals surface area contributed by atoms with Crippen molar-refractivity contribution in [2.24, 2.45) is 0 Å². The van der Waals surface area contributed by atoms with Crippen LogP contribution < -0.4 is 5.73 Å². The van der Waals surface area contributed by atoms with Gasteiger partial charge >= 0.3 is 5.97 Å². The fraction of sp³-hybridized carbons (Fsp3) is 0.231. The predicted octanol–water partition coefficient (Wildman–Crippen LogP) is 1.86. The van der Waals surface area contributed by atoms with Gasteiger partial charge in [0.25, 0.3) is 0 Å². The molecule has 0 bridgehead atoms. The number of nitrogens with two attached hydrogens (primary N) is 1. The molecule has 0 fully saturated rings. The van der Waals surface area contributed by atoms with Crippen molar-refractivity contribution in [3.63, 3.8) is 0 Å². The van der Waals surface area contributed by atoms with Crippen molar-refractivity contribution >= 4 is 11.8 Å². The minimum Gasteiger partial charge on any atom is -0.464 e. The Hall–Kier alpha value is -2.30. The summed E-state index contributed by atoms with van der Waals surface area (Å²) in [5.41, 5.74) is 9.12. The molecule has 0 aliphatic heterocycles. The number of carbonyl (C=O) groups excluding carboxylic acids is 1. The van der Waals surface area contributed by atoms with Gasteiger partial charge in [0.2, 0.25) is 0 Å². The standard InChI is InChI=1S/C13H15N3O2/c1-8-4-9(2)6-10(5-8)16-12(14)7-11(15-16)13(17)18-3/h4-7H,14H2,1-3H3. The first-order valence-electron chi connectivity index (χ1n) is 5.54. The highest BCUT2D eigenvalue weighted by atomic mass is 16.5. The number of esters is 1. The molecular formula is C13H15N3O2. The maximum absolute atomic E-state index is 11.4. The van der Waals surface area contributed by atoms with Crippen LogP contribution in [0.25, 0.3) is 5.69 Å². The third-order valence-corrected chi connectivity index (χ3v) is 2.58. The van der Waals surface area contributed by atoms with Gasteiger partial charge in [-0.15, -0.1) is 0 Å². The molecule has 5 heteroatoms. The third-order valence-electron chi connectivity index (χ3n) is 2.58. The zero-order chi connectivity index (χ0) is 13.3. The summed E-state index contributed by atoms with van der Waals surface area (Å²) in [7, 11) is 1.31. The molecule has 0 aliphatic carbocycles. The monoisotopic (exact) mass is 245 g/mol. The molecule has 5 nitrogen and oxygen atoms in total. The topological polar surface area (TPSA) is 70.1 Å². The van der Waals surface area contributed by atoms with E-state index in [1.807, 2.05) is 26.0 Å². The number of ether oxygens (including phenoxy) is 1. The quantitative estimate of drug-likeness (QED) is 0.820. The maximum atomic E-state index is 11.4. The molecule has 2 rings (SSSR count). The van der Waals surface area contributed by atoms with Gasteiger partial charge in [-0.05, 0) is 37.1 Å². The van der Waals surface area contributed by atoms with Gasteiger partial charge in [0.1, 0.15) is 5.82 Å². The number of aromatic nitrogens is 2. The van der Waals surface area contributed by atoms with Crippen molar-refractivity contribution < 1.29 is 9.53 Å². The summed E-state index contributed by atoms with van der Waals surface area (Å²) in [6, 6.07) is 7.47. The van der Waals surface area contributed by atoms with Crippen molar-refractivity contribution in [3.8, 4) is 5.69 Å². The van der Waals surface area contributed by atoms with Crippen molar-refractivity contribution in [2.45, 2.75) is 13.8 Å². The van der Waals surface area contributed by atoms with Gasteiger partial charge in [0.05, 0.1) is 12.8 Å². The number of anilines is 1. The smallest absolute Gasteiger partial charge is 0.358 e. The van der Waals surface area contributed by atoms with Gasteiger partial charge in [0, 0.05) is 6.07 Å². The number of rotatable bonds is 2. The highest BCUT2D eigenvalue weighted by molar-refractivity contribution is 5.88. The molecule has 18 heavy (non-hydrogen) atoms. The Morgan fingerprint density at radius 3 is 2.39 bits per heavy atom. The minimum atomic E-state index is -0.496. The Balaban J connectivity index is 2.50. The minimum absolute atomic E-state index is 0.203. The van der Waals surface area contributed by atoms with Gasteiger partial charge in [-0.3, -0.25) is 0 Å². The summed E-state index contributed by atoms with van der Waals surface area (Å²) in [6.07, 6.45) is 0. The van der Waals surface area contributed by atoms with E-state index in [9.17, 15) is 4.79 Å². The molecule has 1 heterocycles. The molecule has 0 saturated carbocycles. The van der Waals surface area contributed by atoms with Crippen LogP contribution >= 0.6 is 0 Å². The van der Waals surface area contributed by atoms with E-state index in [1.54, 1.807) is 0 Å². The first kappa shape index (κ1) is 12.2. The number of benzene rings is 1. The number of carbonyl (C=O) groups is 1. The molecular weight excluding hydrogens is 230 g/mol. The molecule has 1 aromatic heterocycles. The van der Waals surface area contributed by atoms with Crippen LogP contribution in [0.2, 0.25) is 0 Å². The second-order valence-corrected chi connectivity index (χ2v) is 4.20. The van der Waals surface area contributed by atoms with E-state index in [0.29, 0.717) is 5.82 Å². The summed E-state index contributed by atoms with van der Waals surface area (Å²) in [5, 5.41) is 4.15. The summed E-state index contributed by atoms with van der Waals surface area (Å²) < 4.78 is 6.15. The Kier molecular flexibility index (Phi) is 3.06. The Morgan fingerprint density at radius 2 is 1.83 bits per heavy atom. The number of nitrogen functional groups attached to an aromatic ring is 1. The van der Waals surface area contributed by atoms with E-state index in [2.05, 4.69) is 15.9 Å². The van der Waals surface area contributed by atoms with Crippen molar-refractivity contribution in [2.75, 3.05) is 12.8 Å². The van der Waals surface area contributed by atoms with E-state index in [0.717, 1.165) is 16.8 Å². The highest BCUT2D eigenvalue weighted by Crippen LogP contribution is 2.18. The molecule has 0 saturated heterocycles. The third kappa shape index (κ3) is 2.20. The van der Waals surface area contributed by atoms with Crippen LogP contribution in [0.1, 0.15) is 21.6 Å². The number of hydrogen-bond donors (Lipinski definition) is 1. The molecule has 0 atom stereocenters. The van der Waals surface area contributed by atoms with Crippen LogP contribution in [0.15, 0.2) is 24.3 Å². The fourth-order valence-electron chi connectivity index (χ4n) is 1.88. The van der Waals surface area contributed by atoms with Crippen molar-refractivity contribution in [1.82, 2.24) is 9.78 Å². The number of aryl methyl sites for hydroxylation is 2. The first-order chi connectivity index (χ1) is 8.51. The van der Waals surface area contributed by atoms with Crippen molar-refractivity contribution in [3.05, 3.63) is 41.1 Å². The largest absolute Gasteiger partial charge is 0.464 e. The van der Waals surface area contributed by atoms with Crippen LogP contribution in [-0.2, 0) is 4.74 Å². The molecule has 0 unspecified atom stereocenters. The molecule has 94 valence electrons.